The molecule has 1 aromatic heterocycles. The van der Waals surface area contributed by atoms with Crippen LogP contribution < -0.4 is 5.32 Å². The van der Waals surface area contributed by atoms with Crippen molar-refractivity contribution in [2.45, 2.75) is 11.8 Å². The standard InChI is InChI=1S/C10H9NOS.C8H7N/c1-2-8-10(12)11-7-5-3-4-6-9(7)13-8;1-2-4-8-7(3-1)5-6-9-8/h2-6H,1H3,(H,11,12);1-6,9H/b8-2-;. The van der Waals surface area contributed by atoms with Gasteiger partial charge in [-0.2, -0.15) is 0 Å². The van der Waals surface area contributed by atoms with E-state index in [1.165, 1.54) is 22.7 Å². The monoisotopic (exact) mass is 308 g/mol. The molecule has 2 N–H and O–H groups in total. The molecule has 3 aromatic rings. The molecule has 1 aliphatic heterocycles. The number of benzene rings is 2. The first kappa shape index (κ1) is 14.5. The van der Waals surface area contributed by atoms with Gasteiger partial charge in [-0.25, -0.2) is 0 Å². The molecule has 0 spiro atoms. The predicted octanol–water partition coefficient (Wildman–Crippen LogP) is 4.80. The summed E-state index contributed by atoms with van der Waals surface area (Å²) in [5.41, 5.74) is 2.11. The summed E-state index contributed by atoms with van der Waals surface area (Å²) in [4.78, 5) is 16.4. The lowest BCUT2D eigenvalue weighted by molar-refractivity contribution is -0.112. The normalized spacial score (nSPS) is 15.0. The summed E-state index contributed by atoms with van der Waals surface area (Å²) >= 11 is 1.51. The van der Waals surface area contributed by atoms with Gasteiger partial charge in [0.25, 0.3) is 5.91 Å². The van der Waals surface area contributed by atoms with Gasteiger partial charge in [0.2, 0.25) is 0 Å². The van der Waals surface area contributed by atoms with Crippen LogP contribution in [-0.2, 0) is 4.79 Å². The molecule has 0 fully saturated rings. The zero-order valence-corrected chi connectivity index (χ0v) is 13.0. The van der Waals surface area contributed by atoms with Crippen LogP contribution in [-0.4, -0.2) is 10.9 Å². The van der Waals surface area contributed by atoms with Gasteiger partial charge in [0.15, 0.2) is 0 Å². The third-order valence-corrected chi connectivity index (χ3v) is 4.52. The molecule has 110 valence electrons. The number of fused-ring (bicyclic) bond motifs is 2. The third kappa shape index (κ3) is 3.07. The Labute approximate surface area is 133 Å². The Morgan fingerprint density at radius 3 is 2.59 bits per heavy atom. The van der Waals surface area contributed by atoms with Gasteiger partial charge in [0.05, 0.1) is 10.6 Å². The quantitative estimate of drug-likeness (QED) is 0.586. The number of hydrogen-bond acceptors (Lipinski definition) is 2. The summed E-state index contributed by atoms with van der Waals surface area (Å²) in [6.45, 7) is 1.87. The fourth-order valence-corrected chi connectivity index (χ4v) is 3.07. The van der Waals surface area contributed by atoms with Gasteiger partial charge >= 0.3 is 0 Å². The van der Waals surface area contributed by atoms with Gasteiger partial charge in [-0.05, 0) is 36.6 Å². The van der Waals surface area contributed by atoms with E-state index in [0.29, 0.717) is 0 Å². The largest absolute Gasteiger partial charge is 0.361 e. The number of H-pyrrole nitrogens is 1. The smallest absolute Gasteiger partial charge is 0.262 e. The van der Waals surface area contributed by atoms with Gasteiger partial charge in [-0.1, -0.05) is 48.2 Å². The molecule has 0 bridgehead atoms. The van der Waals surface area contributed by atoms with Crippen molar-refractivity contribution in [1.82, 2.24) is 4.98 Å². The number of carbonyl (C=O) groups excluding carboxylic acids is 1. The summed E-state index contributed by atoms with van der Waals surface area (Å²) in [6.07, 6.45) is 3.78. The van der Waals surface area contributed by atoms with Crippen LogP contribution >= 0.6 is 11.8 Å². The molecule has 0 aliphatic carbocycles. The summed E-state index contributed by atoms with van der Waals surface area (Å²) in [7, 11) is 0. The number of amides is 1. The number of anilines is 1. The number of hydrogen-bond donors (Lipinski definition) is 2. The molecule has 0 atom stereocenters. The maximum atomic E-state index is 11.4. The lowest BCUT2D eigenvalue weighted by Crippen LogP contribution is -2.16. The number of rotatable bonds is 0. The minimum atomic E-state index is -0.00815. The third-order valence-electron chi connectivity index (χ3n) is 3.30. The maximum Gasteiger partial charge on any atom is 0.262 e. The number of para-hydroxylation sites is 2. The minimum Gasteiger partial charge on any atom is -0.361 e. The van der Waals surface area contributed by atoms with Gasteiger partial charge in [0.1, 0.15) is 0 Å². The molecule has 0 saturated carbocycles. The van der Waals surface area contributed by atoms with Gasteiger partial charge in [-0.15, -0.1) is 0 Å². The van der Waals surface area contributed by atoms with E-state index < -0.39 is 0 Å². The van der Waals surface area contributed by atoms with Crippen molar-refractivity contribution in [1.29, 1.82) is 0 Å². The molecular weight excluding hydrogens is 292 g/mol. The zero-order valence-electron chi connectivity index (χ0n) is 12.2. The van der Waals surface area contributed by atoms with E-state index in [2.05, 4.69) is 28.5 Å². The molecule has 2 aromatic carbocycles. The van der Waals surface area contributed by atoms with Gasteiger partial charge < -0.3 is 10.3 Å². The number of carbonyl (C=O) groups is 1. The molecule has 4 rings (SSSR count). The topological polar surface area (TPSA) is 44.9 Å². The van der Waals surface area contributed by atoms with Crippen molar-refractivity contribution in [3.05, 3.63) is 71.8 Å². The van der Waals surface area contributed by atoms with E-state index in [-0.39, 0.29) is 5.91 Å². The van der Waals surface area contributed by atoms with Crippen LogP contribution in [0.25, 0.3) is 10.9 Å². The highest BCUT2D eigenvalue weighted by Crippen LogP contribution is 2.37. The molecule has 0 unspecified atom stereocenters. The van der Waals surface area contributed by atoms with Gasteiger partial charge in [-0.3, -0.25) is 4.79 Å². The summed E-state index contributed by atoms with van der Waals surface area (Å²) in [6, 6.07) is 18.1. The lowest BCUT2D eigenvalue weighted by Gasteiger charge is -2.17. The summed E-state index contributed by atoms with van der Waals surface area (Å²) < 4.78 is 0. The van der Waals surface area contributed by atoms with Crippen molar-refractivity contribution in [2.75, 3.05) is 5.32 Å². The second-order valence-corrected chi connectivity index (χ2v) is 5.85. The Morgan fingerprint density at radius 1 is 1.00 bits per heavy atom. The Balaban J connectivity index is 0.000000139. The van der Waals surface area contributed by atoms with E-state index >= 15 is 0 Å². The Morgan fingerprint density at radius 2 is 1.77 bits per heavy atom. The van der Waals surface area contributed by atoms with Crippen LogP contribution in [0.3, 0.4) is 0 Å². The van der Waals surface area contributed by atoms with Crippen molar-refractivity contribution >= 4 is 34.3 Å². The number of nitrogens with one attached hydrogen (secondary N) is 2. The lowest BCUT2D eigenvalue weighted by atomic mass is 10.3. The van der Waals surface area contributed by atoms with Crippen LogP contribution in [0.15, 0.2) is 76.7 Å². The van der Waals surface area contributed by atoms with Gasteiger partial charge in [0, 0.05) is 16.6 Å². The van der Waals surface area contributed by atoms with Crippen molar-refractivity contribution < 1.29 is 4.79 Å². The van der Waals surface area contributed by atoms with Crippen LogP contribution in [0.4, 0.5) is 5.69 Å². The van der Waals surface area contributed by atoms with Crippen molar-refractivity contribution in [2.24, 2.45) is 0 Å². The highest BCUT2D eigenvalue weighted by molar-refractivity contribution is 8.04. The Hall–Kier alpha value is -2.46. The molecule has 1 aliphatic rings. The molecule has 1 amide bonds. The fraction of sp³-hybridized carbons (Fsp3) is 0.0556. The van der Waals surface area contributed by atoms with E-state index in [0.717, 1.165) is 15.5 Å². The van der Waals surface area contributed by atoms with Crippen LogP contribution in [0.5, 0.6) is 0 Å². The highest BCUT2D eigenvalue weighted by atomic mass is 32.2. The molecule has 0 radical (unpaired) electrons. The van der Waals surface area contributed by atoms with Crippen molar-refractivity contribution in [3.63, 3.8) is 0 Å². The van der Waals surface area contributed by atoms with Crippen LogP contribution in [0.1, 0.15) is 6.92 Å². The van der Waals surface area contributed by atoms with E-state index in [4.69, 9.17) is 0 Å². The second-order valence-electron chi connectivity index (χ2n) is 4.77. The molecule has 0 saturated heterocycles. The van der Waals surface area contributed by atoms with Crippen molar-refractivity contribution in [3.8, 4) is 0 Å². The predicted molar refractivity (Wildman–Crippen MR) is 93.0 cm³/mol. The number of thioether (sulfide) groups is 1. The SMILES string of the molecule is C/C=C1\Sc2ccccc2NC1=O.c1ccc2[nH]ccc2c1. The average Bonchev–Trinajstić information content (AvgIpc) is 3.03. The Kier molecular flexibility index (Phi) is 4.30. The van der Waals surface area contributed by atoms with Crippen LogP contribution in [0, 0.1) is 0 Å². The average molecular weight is 308 g/mol. The summed E-state index contributed by atoms with van der Waals surface area (Å²) in [5.74, 6) is -0.00815. The molecule has 2 heterocycles. The van der Waals surface area contributed by atoms with Crippen LogP contribution in [0.2, 0.25) is 0 Å². The maximum absolute atomic E-state index is 11.4. The molecule has 3 nitrogen and oxygen atoms in total. The first-order valence-corrected chi connectivity index (χ1v) is 7.86. The summed E-state index contributed by atoms with van der Waals surface area (Å²) in [5, 5.41) is 4.11. The number of aromatic nitrogens is 1. The van der Waals surface area contributed by atoms with E-state index in [1.54, 1.807) is 0 Å². The molecule has 4 heteroatoms. The first-order valence-electron chi connectivity index (χ1n) is 7.04. The zero-order chi connectivity index (χ0) is 15.4. The number of aromatic amines is 1. The second kappa shape index (κ2) is 6.54. The minimum absolute atomic E-state index is 0.00815. The number of allylic oxidation sites excluding steroid dienone is 1. The highest BCUT2D eigenvalue weighted by Gasteiger charge is 2.18. The van der Waals surface area contributed by atoms with E-state index in [1.807, 2.05) is 55.6 Å². The van der Waals surface area contributed by atoms with E-state index in [9.17, 15) is 4.79 Å². The Bertz CT molecular complexity index is 805. The first-order chi connectivity index (χ1) is 10.8. The molecule has 22 heavy (non-hydrogen) atoms. The molecular formula is C18H16N2OS. The fourth-order valence-electron chi connectivity index (χ4n) is 2.19.